The molecule has 71 heavy (non-hydrogen) atoms. The number of carbonyl (C=O) groups is 3. The van der Waals surface area contributed by atoms with Crippen molar-refractivity contribution in [1.82, 2.24) is 19.5 Å². The standard InChI is InChI=1S/C46H32N8O14S3/c1-54-33-19-18-30(37-38(33)36(26-14-5-6-15-27(26)41(37)56)39(42(54)57)40(55)23-10-9-13-25(20-23)69(60,61)62)48-31-21-32(35(71(66,67)68)22-34(31)70(63,64)65)50-46-52-44(47-24-11-3-2-4-12-24)51-45(53-46)49-29-17-8-7-16-28(29)43(58)59/h2-22,48H,1H3,(H,58,59)(H,60,61,62)(H,63,64,65)(H,66,67,68)(H3,47,49,50,51,52,53). The van der Waals surface area contributed by atoms with Crippen LogP contribution in [0.25, 0.3) is 22.0 Å². The van der Waals surface area contributed by atoms with Crippen molar-refractivity contribution in [2.45, 2.75) is 14.7 Å². The van der Waals surface area contributed by atoms with E-state index >= 15 is 0 Å². The molecule has 0 amide bonds. The Hall–Kier alpha value is -8.72. The van der Waals surface area contributed by atoms with Gasteiger partial charge >= 0.3 is 5.97 Å². The summed E-state index contributed by atoms with van der Waals surface area (Å²) in [7, 11) is -14.3. The number of hydrogen-bond acceptors (Lipinski definition) is 17. The van der Waals surface area contributed by atoms with Crippen LogP contribution in [0.2, 0.25) is 0 Å². The van der Waals surface area contributed by atoms with E-state index in [1.54, 1.807) is 36.4 Å². The number of anilines is 8. The van der Waals surface area contributed by atoms with E-state index in [2.05, 4.69) is 36.2 Å². The number of rotatable bonds is 14. The van der Waals surface area contributed by atoms with Gasteiger partial charge in [-0.25, -0.2) is 4.79 Å². The number of pyridine rings is 1. The van der Waals surface area contributed by atoms with E-state index in [4.69, 9.17) is 0 Å². The van der Waals surface area contributed by atoms with Crippen molar-refractivity contribution < 1.29 is 58.4 Å². The Morgan fingerprint density at radius 2 is 1.13 bits per heavy atom. The summed E-state index contributed by atoms with van der Waals surface area (Å²) in [6.07, 6.45) is 0. The largest absolute Gasteiger partial charge is 0.478 e. The number of fused-ring (bicyclic) bond motifs is 2. The van der Waals surface area contributed by atoms with E-state index < -0.39 is 91.0 Å². The third-order valence-electron chi connectivity index (χ3n) is 11.1. The third-order valence-corrected chi connectivity index (χ3v) is 13.7. The minimum Gasteiger partial charge on any atom is -0.478 e. The molecule has 358 valence electrons. The number of carboxylic acid groups (broad SMARTS) is 1. The molecule has 1 aliphatic rings. The lowest BCUT2D eigenvalue weighted by molar-refractivity contribution is 0.0697. The normalized spacial score (nSPS) is 12.3. The van der Waals surface area contributed by atoms with E-state index in [0.717, 1.165) is 22.8 Å². The summed E-state index contributed by atoms with van der Waals surface area (Å²) >= 11 is 0. The van der Waals surface area contributed by atoms with Gasteiger partial charge in [-0.2, -0.15) is 40.2 Å². The Balaban J connectivity index is 1.23. The van der Waals surface area contributed by atoms with Gasteiger partial charge in [0.05, 0.1) is 49.9 Å². The molecule has 25 heteroatoms. The van der Waals surface area contributed by atoms with Crippen LogP contribution in [-0.2, 0) is 37.4 Å². The zero-order valence-electron chi connectivity index (χ0n) is 36.0. The number of ketones is 2. The first kappa shape index (κ1) is 47.4. The van der Waals surface area contributed by atoms with E-state index in [9.17, 15) is 63.2 Å². The number of aryl methyl sites for hydroxylation is 1. The fourth-order valence-electron chi connectivity index (χ4n) is 7.97. The van der Waals surface area contributed by atoms with Crippen LogP contribution in [0.3, 0.4) is 0 Å². The van der Waals surface area contributed by atoms with Crippen LogP contribution in [0.5, 0.6) is 0 Å². The fourth-order valence-corrected chi connectivity index (χ4v) is 9.88. The monoisotopic (exact) mass is 1020 g/mol. The topological polar surface area (TPSA) is 343 Å². The molecule has 9 rings (SSSR count). The number of benzene rings is 6. The predicted octanol–water partition coefficient (Wildman–Crippen LogP) is 6.58. The van der Waals surface area contributed by atoms with Crippen molar-refractivity contribution in [2.24, 2.45) is 7.05 Å². The molecule has 0 bridgehead atoms. The first-order chi connectivity index (χ1) is 33.6. The highest BCUT2D eigenvalue weighted by Crippen LogP contribution is 2.45. The van der Waals surface area contributed by atoms with Crippen LogP contribution >= 0.6 is 0 Å². The van der Waals surface area contributed by atoms with Gasteiger partial charge in [0.15, 0.2) is 11.6 Å². The van der Waals surface area contributed by atoms with E-state index in [0.29, 0.717) is 11.8 Å². The van der Waals surface area contributed by atoms with Crippen molar-refractivity contribution in [3.05, 3.63) is 166 Å². The Morgan fingerprint density at radius 3 is 1.76 bits per heavy atom. The molecule has 1 aliphatic carbocycles. The molecular formula is C46H32N8O14S3. The molecule has 0 spiro atoms. The Labute approximate surface area is 401 Å². The molecule has 0 atom stereocenters. The van der Waals surface area contributed by atoms with E-state index in [1.807, 2.05) is 0 Å². The van der Waals surface area contributed by atoms with Crippen molar-refractivity contribution >= 4 is 105 Å². The summed E-state index contributed by atoms with van der Waals surface area (Å²) in [4.78, 5) is 65.4. The number of aromatic nitrogens is 4. The van der Waals surface area contributed by atoms with Crippen molar-refractivity contribution in [1.29, 1.82) is 0 Å². The molecule has 0 aliphatic heterocycles. The highest BCUT2D eigenvalue weighted by Gasteiger charge is 2.35. The lowest BCUT2D eigenvalue weighted by Gasteiger charge is -2.26. The van der Waals surface area contributed by atoms with Gasteiger partial charge in [0.2, 0.25) is 17.8 Å². The first-order valence-electron chi connectivity index (χ1n) is 20.4. The second-order valence-electron chi connectivity index (χ2n) is 15.5. The second-order valence-corrected chi connectivity index (χ2v) is 19.7. The van der Waals surface area contributed by atoms with Crippen LogP contribution in [0.4, 0.5) is 46.3 Å². The van der Waals surface area contributed by atoms with Crippen LogP contribution in [0.1, 0.15) is 42.2 Å². The predicted molar refractivity (Wildman–Crippen MR) is 257 cm³/mol. The lowest BCUT2D eigenvalue weighted by Crippen LogP contribution is -2.29. The number of hydrogen-bond donors (Lipinski definition) is 8. The van der Waals surface area contributed by atoms with E-state index in [1.165, 1.54) is 73.8 Å². The van der Waals surface area contributed by atoms with Crippen molar-refractivity contribution in [3.8, 4) is 11.1 Å². The molecule has 8 N–H and O–H groups in total. The zero-order chi connectivity index (χ0) is 50.7. The van der Waals surface area contributed by atoms with Gasteiger partial charge in [-0.15, -0.1) is 0 Å². The van der Waals surface area contributed by atoms with Gasteiger partial charge in [0.25, 0.3) is 35.9 Å². The van der Waals surface area contributed by atoms with Gasteiger partial charge in [-0.1, -0.05) is 66.7 Å². The maximum Gasteiger partial charge on any atom is 0.337 e. The summed E-state index contributed by atoms with van der Waals surface area (Å²) < 4.78 is 108. The second kappa shape index (κ2) is 17.7. The number of aromatic carboxylic acids is 1. The summed E-state index contributed by atoms with van der Waals surface area (Å²) in [6, 6.07) is 28.3. The number of nitrogens with zero attached hydrogens (tertiary/aromatic N) is 4. The Bertz CT molecular complexity index is 4040. The Kier molecular flexibility index (Phi) is 11.8. The smallest absolute Gasteiger partial charge is 0.337 e. The first-order valence-corrected chi connectivity index (χ1v) is 24.7. The van der Waals surface area contributed by atoms with Crippen molar-refractivity contribution in [2.75, 3.05) is 21.3 Å². The molecular weight excluding hydrogens is 985 g/mol. The average Bonchev–Trinajstić information content (AvgIpc) is 3.31. The lowest BCUT2D eigenvalue weighted by atomic mass is 9.80. The summed E-state index contributed by atoms with van der Waals surface area (Å²) in [6.45, 7) is 0. The minimum absolute atomic E-state index is 0.00970. The molecule has 22 nitrogen and oxygen atoms in total. The maximum atomic E-state index is 14.7. The van der Waals surface area contributed by atoms with Gasteiger partial charge in [0, 0.05) is 34.8 Å². The highest BCUT2D eigenvalue weighted by atomic mass is 32.2. The van der Waals surface area contributed by atoms with Crippen LogP contribution < -0.4 is 26.8 Å². The molecule has 2 heterocycles. The van der Waals surface area contributed by atoms with Crippen LogP contribution in [0, 0.1) is 0 Å². The SMILES string of the molecule is Cn1c(=O)c(C(=O)c2cccc(S(=O)(=O)O)c2)c2c3c(c(Nc4cc(Nc5nc(Nc6ccccc6)nc(Nc6ccccc6C(=O)O)n5)c(S(=O)(=O)O)cc4S(=O)(=O)O)ccc31)C(=O)c1ccccc1-2. The highest BCUT2D eigenvalue weighted by molar-refractivity contribution is 7.87. The molecule has 8 aromatic rings. The quantitative estimate of drug-likeness (QED) is 0.0421. The van der Waals surface area contributed by atoms with Crippen LogP contribution in [0.15, 0.2) is 147 Å². The Morgan fingerprint density at radius 1 is 0.549 bits per heavy atom. The summed E-state index contributed by atoms with van der Waals surface area (Å²) in [5, 5.41) is 20.9. The molecule has 0 saturated carbocycles. The number of nitrogens with one attached hydrogen (secondary N) is 4. The third kappa shape index (κ3) is 9.05. The maximum absolute atomic E-state index is 14.7. The molecule has 0 unspecified atom stereocenters. The van der Waals surface area contributed by atoms with Gasteiger partial charge in [0.1, 0.15) is 9.79 Å². The molecule has 0 saturated heterocycles. The summed E-state index contributed by atoms with van der Waals surface area (Å²) in [5.74, 6) is -3.95. The average molecular weight is 1020 g/mol. The van der Waals surface area contributed by atoms with Crippen LogP contribution in [-0.4, -0.2) is 81.1 Å². The van der Waals surface area contributed by atoms with Gasteiger partial charge in [-0.05, 0) is 66.2 Å². The fraction of sp³-hybridized carbons (Fsp3) is 0.0217. The zero-order valence-corrected chi connectivity index (χ0v) is 38.5. The molecule has 6 aromatic carbocycles. The minimum atomic E-state index is -5.42. The molecule has 2 aromatic heterocycles. The number of carbonyl (C=O) groups excluding carboxylic acids is 2. The van der Waals surface area contributed by atoms with Gasteiger partial charge in [-0.3, -0.25) is 28.0 Å². The molecule has 0 radical (unpaired) electrons. The van der Waals surface area contributed by atoms with Crippen molar-refractivity contribution in [3.63, 3.8) is 0 Å². The number of carboxylic acids is 1. The van der Waals surface area contributed by atoms with E-state index in [-0.39, 0.29) is 67.6 Å². The summed E-state index contributed by atoms with van der Waals surface area (Å²) in [5.41, 5.74) is -2.92. The number of para-hydroxylation sites is 2. The molecule has 0 fully saturated rings. The van der Waals surface area contributed by atoms with Gasteiger partial charge < -0.3 is 30.9 Å².